The van der Waals surface area contributed by atoms with E-state index in [1.807, 2.05) is 0 Å². The zero-order valence-corrected chi connectivity index (χ0v) is 19.4. The van der Waals surface area contributed by atoms with Crippen molar-refractivity contribution < 1.29 is 22.1 Å². The molecule has 2 saturated heterocycles. The van der Waals surface area contributed by atoms with Crippen LogP contribution >= 0.6 is 0 Å². The average molecular weight is 485 g/mol. The van der Waals surface area contributed by atoms with Gasteiger partial charge >= 0.3 is 0 Å². The van der Waals surface area contributed by atoms with E-state index >= 15 is 0 Å². The van der Waals surface area contributed by atoms with Gasteiger partial charge in [0.1, 0.15) is 5.82 Å². The Morgan fingerprint density at radius 2 is 1.59 bits per heavy atom. The van der Waals surface area contributed by atoms with Crippen molar-refractivity contribution in [2.75, 3.05) is 26.2 Å². The molecular weight excluding hydrogens is 459 g/mol. The van der Waals surface area contributed by atoms with Gasteiger partial charge in [-0.15, -0.1) is 0 Å². The van der Waals surface area contributed by atoms with Crippen LogP contribution in [-0.4, -0.2) is 59.8 Å². The van der Waals surface area contributed by atoms with Crippen molar-refractivity contribution in [3.05, 3.63) is 65.7 Å². The molecule has 2 aliphatic rings. The number of nitrogens with zero attached hydrogens (tertiary/aromatic N) is 4. The topological polar surface area (TPSA) is 96.6 Å². The number of sulfonamides is 1. The summed E-state index contributed by atoms with van der Waals surface area (Å²) in [4.78, 5) is 19.2. The number of carbonyl (C=O) groups is 1. The molecule has 5 rings (SSSR count). The van der Waals surface area contributed by atoms with Crippen LogP contribution in [0.15, 0.2) is 57.9 Å². The summed E-state index contributed by atoms with van der Waals surface area (Å²) in [5.41, 5.74) is 1.12. The van der Waals surface area contributed by atoms with Crippen molar-refractivity contribution in [1.29, 1.82) is 0 Å². The Hall–Kier alpha value is -3.11. The van der Waals surface area contributed by atoms with E-state index in [1.165, 1.54) is 28.6 Å². The minimum absolute atomic E-state index is 0.0598. The third-order valence-electron chi connectivity index (χ3n) is 6.48. The van der Waals surface area contributed by atoms with E-state index in [9.17, 15) is 17.6 Å². The highest BCUT2D eigenvalue weighted by molar-refractivity contribution is 7.89. The fourth-order valence-corrected chi connectivity index (χ4v) is 6.00. The molecule has 10 heteroatoms. The maximum atomic E-state index is 13.1. The first-order chi connectivity index (χ1) is 16.4. The van der Waals surface area contributed by atoms with Crippen LogP contribution in [0.2, 0.25) is 0 Å². The average Bonchev–Trinajstić information content (AvgIpc) is 3.58. The Balaban J connectivity index is 1.22. The van der Waals surface area contributed by atoms with Gasteiger partial charge in [0.15, 0.2) is 5.82 Å². The molecule has 178 valence electrons. The molecule has 0 bridgehead atoms. The number of hydrogen-bond acceptors (Lipinski definition) is 6. The Bertz CT molecular complexity index is 1260. The molecule has 3 heterocycles. The molecule has 0 atom stereocenters. The number of hydrogen-bond donors (Lipinski definition) is 0. The first kappa shape index (κ1) is 22.7. The third kappa shape index (κ3) is 4.47. The molecule has 0 aliphatic carbocycles. The maximum absolute atomic E-state index is 13.1. The molecule has 0 unspecified atom stereocenters. The smallest absolute Gasteiger partial charge is 0.257 e. The number of benzene rings is 2. The summed E-state index contributed by atoms with van der Waals surface area (Å²) in [6.07, 6.45) is 3.17. The van der Waals surface area contributed by atoms with E-state index in [0.717, 1.165) is 12.8 Å². The Morgan fingerprint density at radius 1 is 0.941 bits per heavy atom. The lowest BCUT2D eigenvalue weighted by molar-refractivity contribution is 0.0710. The molecule has 1 aromatic heterocycles. The molecule has 2 aromatic carbocycles. The Labute approximate surface area is 197 Å². The second kappa shape index (κ2) is 9.27. The number of rotatable bonds is 5. The maximum Gasteiger partial charge on any atom is 0.257 e. The van der Waals surface area contributed by atoms with Gasteiger partial charge in [-0.25, -0.2) is 12.8 Å². The zero-order valence-electron chi connectivity index (χ0n) is 18.6. The van der Waals surface area contributed by atoms with Crippen LogP contribution in [-0.2, 0) is 10.0 Å². The van der Waals surface area contributed by atoms with E-state index in [0.29, 0.717) is 61.9 Å². The van der Waals surface area contributed by atoms with Crippen molar-refractivity contribution in [2.45, 2.75) is 36.5 Å². The predicted molar refractivity (Wildman–Crippen MR) is 122 cm³/mol. The van der Waals surface area contributed by atoms with Crippen molar-refractivity contribution in [1.82, 2.24) is 19.3 Å². The van der Waals surface area contributed by atoms with Crippen LogP contribution in [0.4, 0.5) is 4.39 Å². The largest absolute Gasteiger partial charge is 0.339 e. The lowest BCUT2D eigenvalue weighted by Crippen LogP contribution is -2.38. The van der Waals surface area contributed by atoms with Crippen LogP contribution in [0, 0.1) is 5.82 Å². The monoisotopic (exact) mass is 484 g/mol. The van der Waals surface area contributed by atoms with Crippen molar-refractivity contribution in [3.8, 4) is 11.5 Å². The molecule has 2 aliphatic heterocycles. The van der Waals surface area contributed by atoms with Gasteiger partial charge in [0, 0.05) is 43.2 Å². The standard InChI is InChI=1S/C24H25FN4O4S/c25-20-7-3-19(4-8-20)24(30)28-15-11-17(12-16-28)22-26-23(33-27-22)18-5-9-21(10-6-18)34(31,32)29-13-1-2-14-29/h3-10,17H,1-2,11-16H2. The molecule has 0 saturated carbocycles. The summed E-state index contributed by atoms with van der Waals surface area (Å²) >= 11 is 0. The molecule has 0 spiro atoms. The Kier molecular flexibility index (Phi) is 6.18. The van der Waals surface area contributed by atoms with Gasteiger partial charge in [0.05, 0.1) is 4.90 Å². The molecule has 0 radical (unpaired) electrons. The second-order valence-corrected chi connectivity index (χ2v) is 10.6. The highest BCUT2D eigenvalue weighted by atomic mass is 32.2. The van der Waals surface area contributed by atoms with Crippen LogP contribution < -0.4 is 0 Å². The Morgan fingerprint density at radius 3 is 2.24 bits per heavy atom. The SMILES string of the molecule is O=C(c1ccc(F)cc1)N1CCC(c2noc(-c3ccc(S(=O)(=O)N4CCCC4)cc3)n2)CC1. The molecule has 1 amide bonds. The molecule has 0 N–H and O–H groups in total. The summed E-state index contributed by atoms with van der Waals surface area (Å²) in [5.74, 6) is 0.495. The van der Waals surface area contributed by atoms with Gasteiger partial charge in [0.2, 0.25) is 10.0 Å². The van der Waals surface area contributed by atoms with E-state index in [-0.39, 0.29) is 22.5 Å². The number of carbonyl (C=O) groups excluding carboxylic acids is 1. The molecular formula is C24H25FN4O4S. The first-order valence-corrected chi connectivity index (χ1v) is 12.8. The van der Waals surface area contributed by atoms with Crippen LogP contribution in [0.25, 0.3) is 11.5 Å². The van der Waals surface area contributed by atoms with Gasteiger partial charge in [-0.1, -0.05) is 5.16 Å². The summed E-state index contributed by atoms with van der Waals surface area (Å²) < 4.78 is 45.5. The molecule has 2 fully saturated rings. The quantitative estimate of drug-likeness (QED) is 0.548. The summed E-state index contributed by atoms with van der Waals surface area (Å²) in [6, 6.07) is 12.1. The lowest BCUT2D eigenvalue weighted by atomic mass is 9.95. The summed E-state index contributed by atoms with van der Waals surface area (Å²) in [7, 11) is -3.47. The van der Waals surface area contributed by atoms with E-state index in [1.54, 1.807) is 29.2 Å². The first-order valence-electron chi connectivity index (χ1n) is 11.4. The van der Waals surface area contributed by atoms with Gasteiger partial charge in [0.25, 0.3) is 11.8 Å². The normalized spacial score (nSPS) is 17.9. The molecule has 3 aromatic rings. The van der Waals surface area contributed by atoms with E-state index in [2.05, 4.69) is 10.1 Å². The molecule has 8 nitrogen and oxygen atoms in total. The number of piperidine rings is 1. The lowest BCUT2D eigenvalue weighted by Gasteiger charge is -2.30. The van der Waals surface area contributed by atoms with Crippen molar-refractivity contribution in [2.24, 2.45) is 0 Å². The van der Waals surface area contributed by atoms with Crippen molar-refractivity contribution in [3.63, 3.8) is 0 Å². The number of amides is 1. The third-order valence-corrected chi connectivity index (χ3v) is 8.40. The van der Waals surface area contributed by atoms with E-state index in [4.69, 9.17) is 4.52 Å². The second-order valence-electron chi connectivity index (χ2n) is 8.67. The fraction of sp³-hybridized carbons (Fsp3) is 0.375. The van der Waals surface area contributed by atoms with Crippen LogP contribution in [0.3, 0.4) is 0 Å². The van der Waals surface area contributed by atoms with Gasteiger partial charge < -0.3 is 9.42 Å². The number of aromatic nitrogens is 2. The zero-order chi connectivity index (χ0) is 23.7. The van der Waals surface area contributed by atoms with E-state index < -0.39 is 10.0 Å². The highest BCUT2D eigenvalue weighted by Gasteiger charge is 2.29. The van der Waals surface area contributed by atoms with Gasteiger partial charge in [-0.05, 0) is 74.2 Å². The number of likely N-dealkylation sites (tertiary alicyclic amines) is 1. The minimum atomic E-state index is -3.47. The summed E-state index contributed by atoms with van der Waals surface area (Å²) in [5, 5.41) is 4.13. The predicted octanol–water partition coefficient (Wildman–Crippen LogP) is 3.68. The molecule has 34 heavy (non-hydrogen) atoms. The van der Waals surface area contributed by atoms with Crippen LogP contribution in [0.1, 0.15) is 47.8 Å². The van der Waals surface area contributed by atoms with Crippen molar-refractivity contribution >= 4 is 15.9 Å². The van der Waals surface area contributed by atoms with Gasteiger partial charge in [-0.2, -0.15) is 9.29 Å². The highest BCUT2D eigenvalue weighted by Crippen LogP contribution is 2.29. The van der Waals surface area contributed by atoms with Crippen LogP contribution in [0.5, 0.6) is 0 Å². The number of halogens is 1. The summed E-state index contributed by atoms with van der Waals surface area (Å²) in [6.45, 7) is 2.22. The fourth-order valence-electron chi connectivity index (χ4n) is 4.48. The van der Waals surface area contributed by atoms with Gasteiger partial charge in [-0.3, -0.25) is 4.79 Å². The minimum Gasteiger partial charge on any atom is -0.339 e.